The smallest absolute Gasteiger partial charge is 0.344 e. The van der Waals surface area contributed by atoms with E-state index in [1.54, 1.807) is 39.0 Å². The molecule has 0 heterocycles. The number of ether oxygens (including phenoxy) is 1. The highest BCUT2D eigenvalue weighted by Gasteiger charge is 2.40. The number of aliphatic hydroxyl groups is 1. The highest BCUT2D eigenvalue weighted by molar-refractivity contribution is 6.30. The minimum Gasteiger partial charge on any atom is -0.458 e. The quantitative estimate of drug-likeness (QED) is 0.823. The van der Waals surface area contributed by atoms with Crippen molar-refractivity contribution in [2.45, 2.75) is 32.0 Å². The van der Waals surface area contributed by atoms with Crippen molar-refractivity contribution in [2.75, 3.05) is 6.54 Å². The molecular formula is C13H18ClNO3. The number of esters is 1. The van der Waals surface area contributed by atoms with E-state index in [2.05, 4.69) is 0 Å². The standard InChI is InChI=1S/C13H18ClNO3/c1-12(2,3)18-11(16)13(17,8-15)9-5-4-6-10(14)7-9/h4-7,17H,8,15H2,1-3H3. The van der Waals surface area contributed by atoms with Crippen molar-refractivity contribution in [3.63, 3.8) is 0 Å². The summed E-state index contributed by atoms with van der Waals surface area (Å²) in [5.74, 6) is -0.778. The molecule has 5 heteroatoms. The van der Waals surface area contributed by atoms with Crippen molar-refractivity contribution in [1.29, 1.82) is 0 Å². The van der Waals surface area contributed by atoms with Crippen molar-refractivity contribution in [1.82, 2.24) is 0 Å². The summed E-state index contributed by atoms with van der Waals surface area (Å²) in [6.45, 7) is 4.89. The van der Waals surface area contributed by atoms with Gasteiger partial charge in [0, 0.05) is 11.6 Å². The molecule has 18 heavy (non-hydrogen) atoms. The predicted octanol–water partition coefficient (Wildman–Crippen LogP) is 1.83. The molecule has 3 N–H and O–H groups in total. The van der Waals surface area contributed by atoms with E-state index >= 15 is 0 Å². The van der Waals surface area contributed by atoms with Gasteiger partial charge in [-0.1, -0.05) is 23.7 Å². The van der Waals surface area contributed by atoms with Crippen LogP contribution in [0.25, 0.3) is 0 Å². The third-order valence-electron chi connectivity index (χ3n) is 2.33. The first-order valence-electron chi connectivity index (χ1n) is 5.61. The van der Waals surface area contributed by atoms with Crippen LogP contribution in [0.1, 0.15) is 26.3 Å². The Balaban J connectivity index is 3.09. The second-order valence-electron chi connectivity index (χ2n) is 5.08. The molecule has 0 aliphatic heterocycles. The zero-order valence-corrected chi connectivity index (χ0v) is 11.5. The van der Waals surface area contributed by atoms with Crippen LogP contribution < -0.4 is 5.73 Å². The Labute approximate surface area is 112 Å². The summed E-state index contributed by atoms with van der Waals surface area (Å²) in [5.41, 5.74) is 3.27. The fourth-order valence-corrected chi connectivity index (χ4v) is 1.62. The average Bonchev–Trinajstić information content (AvgIpc) is 2.25. The van der Waals surface area contributed by atoms with Crippen molar-refractivity contribution in [2.24, 2.45) is 5.73 Å². The van der Waals surface area contributed by atoms with Crippen LogP contribution in [0.5, 0.6) is 0 Å². The molecule has 100 valence electrons. The summed E-state index contributed by atoms with van der Waals surface area (Å²) in [4.78, 5) is 12.0. The van der Waals surface area contributed by atoms with Crippen LogP contribution in [0.2, 0.25) is 5.02 Å². The lowest BCUT2D eigenvalue weighted by Gasteiger charge is -2.29. The maximum absolute atomic E-state index is 12.0. The SMILES string of the molecule is CC(C)(C)OC(=O)C(O)(CN)c1cccc(Cl)c1. The number of carbonyl (C=O) groups is 1. The molecule has 0 aliphatic rings. The largest absolute Gasteiger partial charge is 0.458 e. The second-order valence-corrected chi connectivity index (χ2v) is 5.51. The number of rotatable bonds is 3. The molecule has 1 atom stereocenters. The third-order valence-corrected chi connectivity index (χ3v) is 2.57. The molecular weight excluding hydrogens is 254 g/mol. The normalized spacial score (nSPS) is 15.0. The molecule has 0 aliphatic carbocycles. The van der Waals surface area contributed by atoms with Gasteiger partial charge in [0.25, 0.3) is 0 Å². The van der Waals surface area contributed by atoms with Gasteiger partial charge in [-0.15, -0.1) is 0 Å². The van der Waals surface area contributed by atoms with Crippen LogP contribution >= 0.6 is 11.6 Å². The van der Waals surface area contributed by atoms with Gasteiger partial charge < -0.3 is 15.6 Å². The Morgan fingerprint density at radius 2 is 2.06 bits per heavy atom. The van der Waals surface area contributed by atoms with Crippen molar-refractivity contribution in [3.8, 4) is 0 Å². The van der Waals surface area contributed by atoms with Crippen molar-refractivity contribution < 1.29 is 14.6 Å². The summed E-state index contributed by atoms with van der Waals surface area (Å²) >= 11 is 5.84. The first-order chi connectivity index (χ1) is 8.19. The second kappa shape index (κ2) is 5.26. The lowest BCUT2D eigenvalue weighted by molar-refractivity contribution is -0.177. The van der Waals surface area contributed by atoms with Gasteiger partial charge in [0.05, 0.1) is 0 Å². The number of nitrogens with two attached hydrogens (primary N) is 1. The molecule has 0 saturated carbocycles. The lowest BCUT2D eigenvalue weighted by Crippen LogP contribution is -2.46. The van der Waals surface area contributed by atoms with Crippen LogP contribution in [-0.4, -0.2) is 23.2 Å². The molecule has 4 nitrogen and oxygen atoms in total. The number of halogens is 1. The molecule has 0 aromatic heterocycles. The highest BCUT2D eigenvalue weighted by atomic mass is 35.5. The Morgan fingerprint density at radius 3 is 2.50 bits per heavy atom. The monoisotopic (exact) mass is 271 g/mol. The van der Waals surface area contributed by atoms with E-state index in [0.29, 0.717) is 10.6 Å². The number of hydrogen-bond donors (Lipinski definition) is 2. The summed E-state index contributed by atoms with van der Waals surface area (Å²) in [5, 5.41) is 10.8. The van der Waals surface area contributed by atoms with E-state index in [0.717, 1.165) is 0 Å². The van der Waals surface area contributed by atoms with Gasteiger partial charge in [-0.25, -0.2) is 4.79 Å². The minimum absolute atomic E-state index is 0.276. The molecule has 1 aromatic rings. The summed E-state index contributed by atoms with van der Waals surface area (Å²) in [6.07, 6.45) is 0. The Kier molecular flexibility index (Phi) is 4.37. The van der Waals surface area contributed by atoms with Crippen molar-refractivity contribution >= 4 is 17.6 Å². The van der Waals surface area contributed by atoms with Gasteiger partial charge in [-0.2, -0.15) is 0 Å². The van der Waals surface area contributed by atoms with E-state index in [9.17, 15) is 9.90 Å². The Morgan fingerprint density at radius 1 is 1.44 bits per heavy atom. The molecule has 1 rings (SSSR count). The Bertz CT molecular complexity index is 442. The topological polar surface area (TPSA) is 72.5 Å². The summed E-state index contributed by atoms with van der Waals surface area (Å²) in [6, 6.07) is 6.38. The van der Waals surface area contributed by atoms with Gasteiger partial charge in [0.15, 0.2) is 5.60 Å². The molecule has 1 aromatic carbocycles. The number of hydrogen-bond acceptors (Lipinski definition) is 4. The Hall–Kier alpha value is -1.10. The molecule has 0 bridgehead atoms. The maximum Gasteiger partial charge on any atom is 0.344 e. The minimum atomic E-state index is -1.88. The lowest BCUT2D eigenvalue weighted by atomic mass is 9.94. The van der Waals surface area contributed by atoms with Gasteiger partial charge in [0.1, 0.15) is 5.60 Å². The molecule has 0 saturated heterocycles. The maximum atomic E-state index is 12.0. The fraction of sp³-hybridized carbons (Fsp3) is 0.462. The van der Waals surface area contributed by atoms with Gasteiger partial charge in [-0.3, -0.25) is 0 Å². The van der Waals surface area contributed by atoms with Crippen LogP contribution in [0.15, 0.2) is 24.3 Å². The van der Waals surface area contributed by atoms with Gasteiger partial charge in [-0.05, 0) is 38.5 Å². The number of carbonyl (C=O) groups excluding carboxylic acids is 1. The van der Waals surface area contributed by atoms with Crippen LogP contribution in [0.4, 0.5) is 0 Å². The molecule has 0 fully saturated rings. The third kappa shape index (κ3) is 3.45. The first kappa shape index (κ1) is 15.0. The van der Waals surface area contributed by atoms with E-state index in [4.69, 9.17) is 22.1 Å². The molecule has 0 spiro atoms. The fourth-order valence-electron chi connectivity index (χ4n) is 1.43. The average molecular weight is 272 g/mol. The van der Waals surface area contributed by atoms with Crippen LogP contribution in [0, 0.1) is 0 Å². The van der Waals surface area contributed by atoms with E-state index < -0.39 is 17.2 Å². The van der Waals surface area contributed by atoms with Gasteiger partial charge >= 0.3 is 5.97 Å². The summed E-state index contributed by atoms with van der Waals surface area (Å²) in [7, 11) is 0. The summed E-state index contributed by atoms with van der Waals surface area (Å²) < 4.78 is 5.18. The van der Waals surface area contributed by atoms with Crippen LogP contribution in [-0.2, 0) is 15.1 Å². The molecule has 1 unspecified atom stereocenters. The number of benzene rings is 1. The van der Waals surface area contributed by atoms with Gasteiger partial charge in [0.2, 0.25) is 0 Å². The van der Waals surface area contributed by atoms with E-state index in [1.165, 1.54) is 6.07 Å². The van der Waals surface area contributed by atoms with E-state index in [-0.39, 0.29) is 6.54 Å². The molecule has 0 amide bonds. The van der Waals surface area contributed by atoms with Crippen LogP contribution in [0.3, 0.4) is 0 Å². The zero-order chi connectivity index (χ0) is 14.0. The highest BCUT2D eigenvalue weighted by Crippen LogP contribution is 2.26. The predicted molar refractivity (Wildman–Crippen MR) is 70.2 cm³/mol. The molecule has 0 radical (unpaired) electrons. The van der Waals surface area contributed by atoms with Crippen molar-refractivity contribution in [3.05, 3.63) is 34.9 Å². The van der Waals surface area contributed by atoms with E-state index in [1.807, 2.05) is 0 Å². The zero-order valence-electron chi connectivity index (χ0n) is 10.7. The first-order valence-corrected chi connectivity index (χ1v) is 5.99.